The van der Waals surface area contributed by atoms with Crippen LogP contribution in [0.15, 0.2) is 21.8 Å². The molecule has 1 aromatic heterocycles. The van der Waals surface area contributed by atoms with Crippen molar-refractivity contribution in [1.29, 1.82) is 0 Å². The molecule has 0 spiro atoms. The molecule has 5 heteroatoms. The van der Waals surface area contributed by atoms with Crippen LogP contribution in [0.2, 0.25) is 10.0 Å². The summed E-state index contributed by atoms with van der Waals surface area (Å²) in [6, 6.07) is 3.37. The first-order valence-corrected chi connectivity index (χ1v) is 5.48. The minimum atomic E-state index is 0.496. The van der Waals surface area contributed by atoms with Crippen LogP contribution < -0.4 is 0 Å². The zero-order valence-electron chi connectivity index (χ0n) is 6.67. The molecule has 0 aliphatic carbocycles. The molecule has 0 N–H and O–H groups in total. The molecule has 2 rings (SSSR count). The first-order valence-electron chi connectivity index (χ1n) is 3.50. The molecule has 0 saturated heterocycles. The highest BCUT2D eigenvalue weighted by Gasteiger charge is 2.09. The fourth-order valence-electron chi connectivity index (χ4n) is 1.03. The monoisotopic (exact) mass is 233 g/mol. The average molecular weight is 234 g/mol. The Balaban J connectivity index is 2.75. The van der Waals surface area contributed by atoms with Crippen LogP contribution in [0.5, 0.6) is 0 Å². The van der Waals surface area contributed by atoms with Crippen molar-refractivity contribution >= 4 is 46.1 Å². The van der Waals surface area contributed by atoms with E-state index in [0.29, 0.717) is 26.4 Å². The molecular formula is C8H5Cl2NOS. The minimum Gasteiger partial charge on any atom is -0.430 e. The van der Waals surface area contributed by atoms with Gasteiger partial charge in [0.25, 0.3) is 5.22 Å². The lowest BCUT2D eigenvalue weighted by Gasteiger charge is -1.91. The van der Waals surface area contributed by atoms with Gasteiger partial charge in [-0.1, -0.05) is 35.0 Å². The second kappa shape index (κ2) is 3.40. The fraction of sp³-hybridized carbons (Fsp3) is 0.125. The Bertz CT molecular complexity index is 455. The molecule has 13 heavy (non-hydrogen) atoms. The molecular weight excluding hydrogens is 229 g/mol. The number of benzene rings is 1. The van der Waals surface area contributed by atoms with Crippen molar-refractivity contribution in [2.45, 2.75) is 5.22 Å². The summed E-state index contributed by atoms with van der Waals surface area (Å²) in [5, 5.41) is 1.66. The van der Waals surface area contributed by atoms with Crippen LogP contribution in [-0.4, -0.2) is 11.2 Å². The quantitative estimate of drug-likeness (QED) is 0.700. The Morgan fingerprint density at radius 3 is 2.85 bits per heavy atom. The molecule has 0 bridgehead atoms. The molecule has 0 fully saturated rings. The Kier molecular flexibility index (Phi) is 2.41. The molecule has 2 nitrogen and oxygen atoms in total. The minimum absolute atomic E-state index is 0.496. The van der Waals surface area contributed by atoms with Gasteiger partial charge in [0.2, 0.25) is 0 Å². The number of nitrogens with zero attached hydrogens (tertiary/aromatic N) is 1. The van der Waals surface area contributed by atoms with E-state index in [2.05, 4.69) is 4.98 Å². The molecule has 0 saturated carbocycles. The van der Waals surface area contributed by atoms with Gasteiger partial charge in [0, 0.05) is 5.02 Å². The smallest absolute Gasteiger partial charge is 0.256 e. The molecule has 0 aliphatic rings. The first kappa shape index (κ1) is 9.19. The van der Waals surface area contributed by atoms with Gasteiger partial charge in [0.1, 0.15) is 5.52 Å². The maximum atomic E-state index is 5.91. The Morgan fingerprint density at radius 1 is 1.38 bits per heavy atom. The molecule has 2 aromatic rings. The summed E-state index contributed by atoms with van der Waals surface area (Å²) in [5.41, 5.74) is 1.29. The number of aromatic nitrogens is 1. The average Bonchev–Trinajstić information content (AvgIpc) is 2.47. The normalized spacial score (nSPS) is 11.0. The van der Waals surface area contributed by atoms with Crippen LogP contribution in [0.4, 0.5) is 0 Å². The lowest BCUT2D eigenvalue weighted by molar-refractivity contribution is 0.490. The first-order chi connectivity index (χ1) is 6.20. The number of thioether (sulfide) groups is 1. The van der Waals surface area contributed by atoms with Gasteiger partial charge < -0.3 is 4.42 Å². The van der Waals surface area contributed by atoms with Crippen LogP contribution in [0.1, 0.15) is 0 Å². The molecule has 0 radical (unpaired) electrons. The Hall–Kier alpha value is -0.380. The molecule has 1 aromatic carbocycles. The predicted molar refractivity (Wildman–Crippen MR) is 55.8 cm³/mol. The fourth-order valence-corrected chi connectivity index (χ4v) is 1.90. The van der Waals surface area contributed by atoms with Gasteiger partial charge in [0.05, 0.1) is 5.02 Å². The standard InChI is InChI=1S/C8H5Cl2NOS/c1-13-8-11-6-3-4(9)2-5(10)7(6)12-8/h2-3H,1H3. The molecule has 68 valence electrons. The van der Waals surface area contributed by atoms with E-state index in [0.717, 1.165) is 0 Å². The van der Waals surface area contributed by atoms with E-state index in [1.165, 1.54) is 11.8 Å². The van der Waals surface area contributed by atoms with Crippen molar-refractivity contribution < 1.29 is 4.42 Å². The second-order valence-electron chi connectivity index (χ2n) is 2.42. The summed E-state index contributed by atoms with van der Waals surface area (Å²) in [6.45, 7) is 0. The van der Waals surface area contributed by atoms with Crippen LogP contribution in [0.25, 0.3) is 11.1 Å². The van der Waals surface area contributed by atoms with E-state index < -0.39 is 0 Å². The van der Waals surface area contributed by atoms with Crippen LogP contribution in [0.3, 0.4) is 0 Å². The zero-order chi connectivity index (χ0) is 9.42. The third-order valence-corrected chi connectivity index (χ3v) is 2.59. The van der Waals surface area contributed by atoms with Gasteiger partial charge in [0.15, 0.2) is 5.58 Å². The largest absolute Gasteiger partial charge is 0.430 e. The van der Waals surface area contributed by atoms with Crippen molar-refractivity contribution in [2.24, 2.45) is 0 Å². The maximum Gasteiger partial charge on any atom is 0.256 e. The molecule has 0 amide bonds. The van der Waals surface area contributed by atoms with Gasteiger partial charge >= 0.3 is 0 Å². The number of halogens is 2. The number of oxazole rings is 1. The highest BCUT2D eigenvalue weighted by atomic mass is 35.5. The van der Waals surface area contributed by atoms with Gasteiger partial charge in [-0.25, -0.2) is 4.98 Å². The summed E-state index contributed by atoms with van der Waals surface area (Å²) in [6.07, 6.45) is 1.89. The van der Waals surface area contributed by atoms with Crippen molar-refractivity contribution in [2.75, 3.05) is 6.26 Å². The molecule has 0 unspecified atom stereocenters. The lowest BCUT2D eigenvalue weighted by atomic mass is 10.3. The van der Waals surface area contributed by atoms with E-state index in [9.17, 15) is 0 Å². The topological polar surface area (TPSA) is 26.0 Å². The van der Waals surface area contributed by atoms with E-state index in [1.807, 2.05) is 6.26 Å². The third-order valence-electron chi connectivity index (χ3n) is 1.56. The van der Waals surface area contributed by atoms with Crippen molar-refractivity contribution in [3.05, 3.63) is 22.2 Å². The van der Waals surface area contributed by atoms with Crippen LogP contribution >= 0.6 is 35.0 Å². The van der Waals surface area contributed by atoms with Crippen LogP contribution in [0, 0.1) is 0 Å². The summed E-state index contributed by atoms with van der Waals surface area (Å²) in [4.78, 5) is 4.18. The van der Waals surface area contributed by atoms with E-state index in [-0.39, 0.29) is 0 Å². The third kappa shape index (κ3) is 1.64. The molecule has 1 heterocycles. The number of fused-ring (bicyclic) bond motifs is 1. The van der Waals surface area contributed by atoms with E-state index >= 15 is 0 Å². The number of hydrogen-bond acceptors (Lipinski definition) is 3. The summed E-state index contributed by atoms with van der Waals surface area (Å²) in [7, 11) is 0. The Labute approximate surface area is 89.2 Å². The zero-order valence-corrected chi connectivity index (χ0v) is 9.00. The lowest BCUT2D eigenvalue weighted by Crippen LogP contribution is -1.70. The maximum absolute atomic E-state index is 5.91. The highest BCUT2D eigenvalue weighted by molar-refractivity contribution is 7.98. The van der Waals surface area contributed by atoms with Crippen molar-refractivity contribution in [3.63, 3.8) is 0 Å². The van der Waals surface area contributed by atoms with Gasteiger partial charge in [-0.3, -0.25) is 0 Å². The van der Waals surface area contributed by atoms with Gasteiger partial charge in [-0.05, 0) is 18.4 Å². The van der Waals surface area contributed by atoms with E-state index in [1.54, 1.807) is 12.1 Å². The molecule has 0 atom stereocenters. The summed E-state index contributed by atoms with van der Waals surface area (Å²) < 4.78 is 5.36. The Morgan fingerprint density at radius 2 is 2.15 bits per heavy atom. The second-order valence-corrected chi connectivity index (χ2v) is 4.02. The van der Waals surface area contributed by atoms with Crippen molar-refractivity contribution in [1.82, 2.24) is 4.98 Å². The highest BCUT2D eigenvalue weighted by Crippen LogP contribution is 2.30. The summed E-state index contributed by atoms with van der Waals surface area (Å²) in [5.74, 6) is 0. The van der Waals surface area contributed by atoms with Gasteiger partial charge in [-0.2, -0.15) is 0 Å². The SMILES string of the molecule is CSc1nc2cc(Cl)cc(Cl)c2o1. The summed E-state index contributed by atoms with van der Waals surface area (Å²) >= 11 is 13.1. The predicted octanol–water partition coefficient (Wildman–Crippen LogP) is 3.86. The van der Waals surface area contributed by atoms with E-state index in [4.69, 9.17) is 27.6 Å². The number of hydrogen-bond donors (Lipinski definition) is 0. The van der Waals surface area contributed by atoms with Crippen molar-refractivity contribution in [3.8, 4) is 0 Å². The van der Waals surface area contributed by atoms with Gasteiger partial charge in [-0.15, -0.1) is 0 Å². The number of rotatable bonds is 1. The molecule has 0 aliphatic heterocycles. The van der Waals surface area contributed by atoms with Crippen LogP contribution in [-0.2, 0) is 0 Å².